The number of aryl methyl sites for hydroxylation is 1. The molecule has 2 aromatic carbocycles. The van der Waals surface area contributed by atoms with Gasteiger partial charge in [0.1, 0.15) is 12.2 Å². The largest absolute Gasteiger partial charge is 0.504 e. The van der Waals surface area contributed by atoms with E-state index < -0.39 is 6.10 Å². The number of nitrogens with zero attached hydrogens (tertiary/aromatic N) is 2. The highest BCUT2D eigenvalue weighted by molar-refractivity contribution is 5.81. The summed E-state index contributed by atoms with van der Waals surface area (Å²) in [5, 5.41) is 38.8. The van der Waals surface area contributed by atoms with E-state index in [1.165, 1.54) is 13.0 Å². The molecular weight excluding hydrogens is 640 g/mol. The Morgan fingerprint density at radius 2 is 1.92 bits per heavy atom. The zero-order chi connectivity index (χ0) is 35.1. The van der Waals surface area contributed by atoms with Gasteiger partial charge in [0.25, 0.3) is 0 Å². The van der Waals surface area contributed by atoms with Gasteiger partial charge in [-0.2, -0.15) is 0 Å². The third kappa shape index (κ3) is 8.90. The number of carbonyl (C=O) groups excluding carboxylic acids is 1. The van der Waals surface area contributed by atoms with Crippen LogP contribution in [-0.2, 0) is 27.1 Å². The van der Waals surface area contributed by atoms with Crippen LogP contribution in [0, 0.1) is 0 Å². The summed E-state index contributed by atoms with van der Waals surface area (Å²) in [6.07, 6.45) is 9.82. The number of carbonyl (C=O) groups is 1. The number of nitrogens with one attached hydrogen (secondary N) is 2. The first-order valence-electron chi connectivity index (χ1n) is 17.6. The van der Waals surface area contributed by atoms with Gasteiger partial charge in [0.05, 0.1) is 18.8 Å². The van der Waals surface area contributed by atoms with Crippen LogP contribution in [0.1, 0.15) is 81.1 Å². The number of guanidine groups is 1. The van der Waals surface area contributed by atoms with Crippen molar-refractivity contribution < 1.29 is 39.1 Å². The Labute approximate surface area is 292 Å². The average molecular weight is 689 g/mol. The molecule has 1 spiro atoms. The Balaban J connectivity index is 1.11. The second-order valence-corrected chi connectivity index (χ2v) is 13.6. The van der Waals surface area contributed by atoms with Gasteiger partial charge in [0.2, 0.25) is 5.75 Å². The summed E-state index contributed by atoms with van der Waals surface area (Å²) in [4.78, 5) is 20.4. The maximum absolute atomic E-state index is 12.0. The Morgan fingerprint density at radius 3 is 2.72 bits per heavy atom. The van der Waals surface area contributed by atoms with Crippen molar-refractivity contribution in [2.24, 2.45) is 4.99 Å². The van der Waals surface area contributed by atoms with Gasteiger partial charge >= 0.3 is 5.97 Å². The molecule has 0 amide bonds. The van der Waals surface area contributed by atoms with Crippen molar-refractivity contribution in [2.75, 3.05) is 20.2 Å². The summed E-state index contributed by atoms with van der Waals surface area (Å²) in [5.41, 5.74) is 2.53. The van der Waals surface area contributed by atoms with E-state index in [9.17, 15) is 20.1 Å². The number of hydrogen-bond donors (Lipinski definition) is 5. The Hall–Kier alpha value is -4.71. The molecule has 0 bridgehead atoms. The van der Waals surface area contributed by atoms with Crippen LogP contribution in [0.25, 0.3) is 0 Å². The number of pyridine rings is 1. The molecule has 3 heterocycles. The summed E-state index contributed by atoms with van der Waals surface area (Å²) in [6, 6.07) is 12.4. The normalized spacial score (nSPS) is 25.8. The zero-order valence-corrected chi connectivity index (χ0v) is 28.8. The number of benzene rings is 2. The molecule has 12 heteroatoms. The van der Waals surface area contributed by atoms with Crippen LogP contribution in [0.3, 0.4) is 0 Å². The molecule has 2 aliphatic heterocycles. The summed E-state index contributed by atoms with van der Waals surface area (Å²) >= 11 is 0. The van der Waals surface area contributed by atoms with Crippen LogP contribution in [0.5, 0.6) is 28.7 Å². The van der Waals surface area contributed by atoms with E-state index in [-0.39, 0.29) is 59.4 Å². The van der Waals surface area contributed by atoms with Crippen molar-refractivity contribution in [3.8, 4) is 28.7 Å². The van der Waals surface area contributed by atoms with Gasteiger partial charge in [0.15, 0.2) is 29.0 Å². The van der Waals surface area contributed by atoms with E-state index in [0.29, 0.717) is 43.4 Å². The second kappa shape index (κ2) is 15.9. The Kier molecular flexibility index (Phi) is 11.2. The van der Waals surface area contributed by atoms with Gasteiger partial charge in [-0.1, -0.05) is 12.1 Å². The minimum atomic E-state index is -0.510. The van der Waals surface area contributed by atoms with Crippen LogP contribution in [0.4, 0.5) is 0 Å². The summed E-state index contributed by atoms with van der Waals surface area (Å²) < 4.78 is 24.5. The maximum Gasteiger partial charge on any atom is 0.302 e. The monoisotopic (exact) mass is 688 g/mol. The van der Waals surface area contributed by atoms with Crippen molar-refractivity contribution in [1.29, 1.82) is 0 Å². The number of esters is 1. The van der Waals surface area contributed by atoms with Crippen molar-refractivity contribution in [2.45, 2.75) is 101 Å². The Bertz CT molecular complexity index is 1650. The molecule has 268 valence electrons. The van der Waals surface area contributed by atoms with E-state index in [2.05, 4.69) is 20.6 Å². The number of phenolic OH excluding ortho intramolecular Hbond substituents is 3. The Morgan fingerprint density at radius 1 is 1.04 bits per heavy atom. The molecular formula is C38H48N4O8. The van der Waals surface area contributed by atoms with Crippen LogP contribution in [-0.4, -0.2) is 76.3 Å². The van der Waals surface area contributed by atoms with Gasteiger partial charge in [-0.3, -0.25) is 14.8 Å². The first-order valence-corrected chi connectivity index (χ1v) is 17.6. The highest BCUT2D eigenvalue weighted by Crippen LogP contribution is 2.43. The van der Waals surface area contributed by atoms with E-state index >= 15 is 0 Å². The molecule has 3 aliphatic rings. The van der Waals surface area contributed by atoms with Crippen molar-refractivity contribution >= 4 is 11.9 Å². The molecule has 3 aromatic rings. The number of aromatic nitrogens is 1. The van der Waals surface area contributed by atoms with E-state index in [1.807, 2.05) is 24.3 Å². The van der Waals surface area contributed by atoms with Gasteiger partial charge in [-0.15, -0.1) is 0 Å². The smallest absolute Gasteiger partial charge is 0.302 e. The first kappa shape index (κ1) is 35.1. The lowest BCUT2D eigenvalue weighted by atomic mass is 9.77. The number of phenols is 3. The third-order valence-corrected chi connectivity index (χ3v) is 9.89. The number of ether oxygens (including phenoxy) is 4. The number of rotatable bonds is 11. The maximum atomic E-state index is 12.0. The average Bonchev–Trinajstić information content (AvgIpc) is 3.10. The highest BCUT2D eigenvalue weighted by Gasteiger charge is 2.40. The third-order valence-electron chi connectivity index (χ3n) is 9.89. The van der Waals surface area contributed by atoms with Gasteiger partial charge < -0.3 is 44.9 Å². The SMILES string of the molecule is CN=C1NCC[C@]2(CCC[C@@H](Oc3cc(CC[C@H]4C[C@@H](OC(C)=O)C[C@@H](c5cc(O)c(O)c(OCCc6cccnc6)c5)O4)ccc3O)C2)N1. The molecule has 5 atom stereocenters. The van der Waals surface area contributed by atoms with Gasteiger partial charge in [-0.25, -0.2) is 0 Å². The van der Waals surface area contributed by atoms with E-state index in [0.717, 1.165) is 55.7 Å². The van der Waals surface area contributed by atoms with Crippen LogP contribution in [0.2, 0.25) is 0 Å². The van der Waals surface area contributed by atoms with Crippen LogP contribution >= 0.6 is 0 Å². The lowest BCUT2D eigenvalue weighted by Gasteiger charge is -2.45. The quantitative estimate of drug-likeness (QED) is 0.132. The summed E-state index contributed by atoms with van der Waals surface area (Å²) in [7, 11) is 1.78. The molecule has 6 rings (SSSR count). The standard InChI is InChI=1S/C38H48N4O8/c1-24(43)48-30-20-28(49-33(21-30)27-18-32(45)36(46)35(19-27)47-16-11-26-5-4-14-40-23-26)9-7-25-8-10-31(44)34(17-25)50-29-6-3-12-38(22-29)13-15-41-37(39-2)42-38/h4-5,8,10,14,17-19,23,28-30,33,44-46H,3,6-7,9,11-13,15-16,20-22H2,1-2H3,(H2,39,41,42)/t28-,29+,30+,33-,38-/m0/s1. The number of aromatic hydroxyl groups is 3. The lowest BCUT2D eigenvalue weighted by Crippen LogP contribution is -2.61. The number of aliphatic imine (C=N–C) groups is 1. The molecule has 1 saturated carbocycles. The summed E-state index contributed by atoms with van der Waals surface area (Å²) in [5.74, 6) is 0.514. The van der Waals surface area contributed by atoms with Gasteiger partial charge in [-0.05, 0) is 85.5 Å². The van der Waals surface area contributed by atoms with Crippen molar-refractivity contribution in [3.05, 3.63) is 71.5 Å². The van der Waals surface area contributed by atoms with Crippen LogP contribution in [0.15, 0.2) is 59.9 Å². The predicted octanol–water partition coefficient (Wildman–Crippen LogP) is 5.23. The van der Waals surface area contributed by atoms with Crippen molar-refractivity contribution in [3.63, 3.8) is 0 Å². The molecule has 0 radical (unpaired) electrons. The zero-order valence-electron chi connectivity index (χ0n) is 28.8. The summed E-state index contributed by atoms with van der Waals surface area (Å²) in [6.45, 7) is 2.53. The molecule has 1 aliphatic carbocycles. The minimum Gasteiger partial charge on any atom is -0.504 e. The van der Waals surface area contributed by atoms with Crippen molar-refractivity contribution in [1.82, 2.24) is 15.6 Å². The first-order chi connectivity index (χ1) is 24.2. The van der Waals surface area contributed by atoms with Gasteiger partial charge in [0, 0.05) is 64.1 Å². The predicted molar refractivity (Wildman–Crippen MR) is 187 cm³/mol. The fourth-order valence-electron chi connectivity index (χ4n) is 7.42. The van der Waals surface area contributed by atoms with E-state index in [1.54, 1.807) is 31.6 Å². The second-order valence-electron chi connectivity index (χ2n) is 13.6. The molecule has 5 N–H and O–H groups in total. The molecule has 12 nitrogen and oxygen atoms in total. The lowest BCUT2D eigenvalue weighted by molar-refractivity contribution is -0.160. The molecule has 1 aromatic heterocycles. The fraction of sp³-hybridized carbons (Fsp3) is 0.500. The van der Waals surface area contributed by atoms with Crippen LogP contribution < -0.4 is 20.1 Å². The molecule has 3 fully saturated rings. The minimum absolute atomic E-state index is 0.0357. The topological polar surface area (TPSA) is 164 Å². The fourth-order valence-corrected chi connectivity index (χ4v) is 7.42. The highest BCUT2D eigenvalue weighted by atomic mass is 16.6. The van der Waals surface area contributed by atoms with E-state index in [4.69, 9.17) is 18.9 Å². The molecule has 2 saturated heterocycles. The number of hydrogen-bond acceptors (Lipinski definition) is 10. The molecule has 50 heavy (non-hydrogen) atoms. The molecule has 0 unspecified atom stereocenters.